The van der Waals surface area contributed by atoms with Gasteiger partial charge in [-0.1, -0.05) is 23.2 Å². The maximum atomic E-state index is 12.3. The molecule has 0 amide bonds. The second-order valence-corrected chi connectivity index (χ2v) is 5.86. The third-order valence-corrected chi connectivity index (χ3v) is 3.87. The van der Waals surface area contributed by atoms with Gasteiger partial charge in [0.1, 0.15) is 11.6 Å². The zero-order valence-corrected chi connectivity index (χ0v) is 13.9. The first-order valence-corrected chi connectivity index (χ1v) is 7.65. The fraction of sp³-hybridized carbons (Fsp3) is 0.0625. The van der Waals surface area contributed by atoms with E-state index in [9.17, 15) is 13.2 Å². The summed E-state index contributed by atoms with van der Waals surface area (Å²) < 4.78 is 40.6. The topological polar surface area (TPSA) is 60.2 Å². The molecule has 0 radical (unpaired) electrons. The molecule has 25 heavy (non-hydrogen) atoms. The number of pyridine rings is 1. The Balaban J connectivity index is 1.89. The molecule has 4 nitrogen and oxygen atoms in total. The molecule has 0 fully saturated rings. The number of fused-ring (bicyclic) bond motifs is 1. The van der Waals surface area contributed by atoms with Crippen LogP contribution in [0.3, 0.4) is 0 Å². The van der Waals surface area contributed by atoms with Gasteiger partial charge in [0, 0.05) is 16.8 Å². The van der Waals surface area contributed by atoms with E-state index in [1.165, 1.54) is 12.1 Å². The average Bonchev–Trinajstić information content (AvgIpc) is 2.53. The van der Waals surface area contributed by atoms with Crippen molar-refractivity contribution in [2.45, 2.75) is 6.36 Å². The summed E-state index contributed by atoms with van der Waals surface area (Å²) in [5.74, 6) is -0.0532. The van der Waals surface area contributed by atoms with E-state index >= 15 is 0 Å². The molecule has 1 aromatic heterocycles. The van der Waals surface area contributed by atoms with Gasteiger partial charge >= 0.3 is 6.36 Å². The Hall–Kier alpha value is -2.38. The lowest BCUT2D eigenvalue weighted by Gasteiger charge is -2.12. The van der Waals surface area contributed by atoms with Crippen LogP contribution >= 0.6 is 23.2 Å². The van der Waals surface area contributed by atoms with E-state index in [1.807, 2.05) is 0 Å². The minimum absolute atomic E-state index is 0.189. The van der Waals surface area contributed by atoms with Crippen LogP contribution in [0.2, 0.25) is 10.0 Å². The highest BCUT2D eigenvalue weighted by molar-refractivity contribution is 6.35. The molecule has 0 aliphatic rings. The Morgan fingerprint density at radius 3 is 2.44 bits per heavy atom. The number of aromatic nitrogens is 1. The normalized spacial score (nSPS) is 11.6. The molecule has 0 saturated heterocycles. The first-order valence-electron chi connectivity index (χ1n) is 6.90. The smallest absolute Gasteiger partial charge is 0.404 e. The van der Waals surface area contributed by atoms with E-state index < -0.39 is 12.1 Å². The van der Waals surface area contributed by atoms with Crippen LogP contribution < -0.4 is 15.8 Å². The second-order valence-electron chi connectivity index (χ2n) is 5.05. The summed E-state index contributed by atoms with van der Waals surface area (Å²) >= 11 is 11.9. The van der Waals surface area contributed by atoms with Crippen molar-refractivity contribution in [3.63, 3.8) is 0 Å². The van der Waals surface area contributed by atoms with E-state index in [-0.39, 0.29) is 5.02 Å². The molecule has 3 aromatic rings. The van der Waals surface area contributed by atoms with Gasteiger partial charge in [0.2, 0.25) is 0 Å². The quantitative estimate of drug-likeness (QED) is 0.560. The minimum atomic E-state index is -4.81. The van der Waals surface area contributed by atoms with Crippen LogP contribution in [0, 0.1) is 0 Å². The molecule has 2 aromatic carbocycles. The first kappa shape index (κ1) is 17.4. The summed E-state index contributed by atoms with van der Waals surface area (Å²) in [6.07, 6.45) is -4.81. The Kier molecular flexibility index (Phi) is 4.53. The van der Waals surface area contributed by atoms with Crippen molar-refractivity contribution in [2.24, 2.45) is 0 Å². The number of halogens is 5. The number of benzene rings is 2. The molecule has 0 bridgehead atoms. The van der Waals surface area contributed by atoms with Gasteiger partial charge in [-0.3, -0.25) is 0 Å². The van der Waals surface area contributed by atoms with Crippen LogP contribution in [0.15, 0.2) is 42.5 Å². The van der Waals surface area contributed by atoms with Gasteiger partial charge in [-0.15, -0.1) is 13.2 Å². The van der Waals surface area contributed by atoms with Crippen molar-refractivity contribution in [2.75, 3.05) is 11.1 Å². The van der Waals surface area contributed by atoms with Crippen molar-refractivity contribution >= 4 is 51.3 Å². The van der Waals surface area contributed by atoms with Gasteiger partial charge in [0.05, 0.1) is 15.6 Å². The highest BCUT2D eigenvalue weighted by atomic mass is 35.5. The maximum Gasteiger partial charge on any atom is 0.573 e. The number of nitrogens with one attached hydrogen (secondary N) is 1. The molecule has 0 saturated carbocycles. The number of nitrogens with zero attached hydrogens (tertiary/aromatic N) is 1. The van der Waals surface area contributed by atoms with Gasteiger partial charge in [-0.2, -0.15) is 0 Å². The molecule has 130 valence electrons. The summed E-state index contributed by atoms with van der Waals surface area (Å²) in [5, 5.41) is 3.88. The largest absolute Gasteiger partial charge is 0.573 e. The molecule has 3 N–H and O–H groups in total. The van der Waals surface area contributed by atoms with Gasteiger partial charge in [-0.05, 0) is 42.5 Å². The summed E-state index contributed by atoms with van der Waals surface area (Å²) in [6, 6.07) is 10.5. The highest BCUT2D eigenvalue weighted by Crippen LogP contribution is 2.33. The summed E-state index contributed by atoms with van der Waals surface area (Å²) in [6.45, 7) is 0. The van der Waals surface area contributed by atoms with Gasteiger partial charge in [0.15, 0.2) is 0 Å². The second kappa shape index (κ2) is 6.50. The predicted molar refractivity (Wildman–Crippen MR) is 92.6 cm³/mol. The van der Waals surface area contributed by atoms with Crippen LogP contribution in [-0.4, -0.2) is 11.3 Å². The third kappa shape index (κ3) is 4.00. The lowest BCUT2D eigenvalue weighted by molar-refractivity contribution is -0.274. The Morgan fingerprint density at radius 1 is 1.00 bits per heavy atom. The molecular formula is C16H10Cl2F3N3O. The number of hydrogen-bond donors (Lipinski definition) is 2. The zero-order chi connectivity index (χ0) is 18.2. The van der Waals surface area contributed by atoms with Crippen molar-refractivity contribution in [3.05, 3.63) is 52.5 Å². The van der Waals surface area contributed by atoms with Crippen molar-refractivity contribution < 1.29 is 17.9 Å². The summed E-state index contributed by atoms with van der Waals surface area (Å²) in [5.41, 5.74) is 7.36. The number of ether oxygens (including phenoxy) is 1. The number of anilines is 3. The van der Waals surface area contributed by atoms with Gasteiger partial charge in [0.25, 0.3) is 0 Å². The SMILES string of the molecule is Nc1ccc(Cl)c2nc(Nc3ccc(OC(F)(F)F)c(Cl)c3)ccc12. The molecule has 9 heteroatoms. The molecule has 0 atom stereocenters. The minimum Gasteiger partial charge on any atom is -0.404 e. The average molecular weight is 388 g/mol. The van der Waals surface area contributed by atoms with Crippen molar-refractivity contribution in [1.82, 2.24) is 4.98 Å². The van der Waals surface area contributed by atoms with Crippen LogP contribution in [-0.2, 0) is 0 Å². The number of nitrogen functional groups attached to an aromatic ring is 1. The predicted octanol–water partition coefficient (Wildman–Crippen LogP) is 5.77. The van der Waals surface area contributed by atoms with E-state index in [0.717, 1.165) is 6.07 Å². The molecular weight excluding hydrogens is 378 g/mol. The number of rotatable bonds is 3. The Bertz CT molecular complexity index is 948. The highest BCUT2D eigenvalue weighted by Gasteiger charge is 2.32. The van der Waals surface area contributed by atoms with Gasteiger partial charge < -0.3 is 15.8 Å². The van der Waals surface area contributed by atoms with E-state index in [1.54, 1.807) is 24.3 Å². The van der Waals surface area contributed by atoms with E-state index in [0.29, 0.717) is 33.1 Å². The summed E-state index contributed by atoms with van der Waals surface area (Å²) in [7, 11) is 0. The van der Waals surface area contributed by atoms with Crippen LogP contribution in [0.1, 0.15) is 0 Å². The monoisotopic (exact) mass is 387 g/mol. The van der Waals surface area contributed by atoms with Crippen LogP contribution in [0.5, 0.6) is 5.75 Å². The molecule has 0 spiro atoms. The lowest BCUT2D eigenvalue weighted by Crippen LogP contribution is -2.17. The van der Waals surface area contributed by atoms with Crippen molar-refractivity contribution in [1.29, 1.82) is 0 Å². The lowest BCUT2D eigenvalue weighted by atomic mass is 10.2. The van der Waals surface area contributed by atoms with E-state index in [4.69, 9.17) is 28.9 Å². The first-order chi connectivity index (χ1) is 11.7. The number of alkyl halides is 3. The fourth-order valence-electron chi connectivity index (χ4n) is 2.21. The molecule has 0 unspecified atom stereocenters. The number of nitrogens with two attached hydrogens (primary N) is 1. The number of hydrogen-bond acceptors (Lipinski definition) is 4. The van der Waals surface area contributed by atoms with Gasteiger partial charge in [-0.25, -0.2) is 4.98 Å². The molecule has 1 heterocycles. The van der Waals surface area contributed by atoms with Crippen molar-refractivity contribution in [3.8, 4) is 5.75 Å². The van der Waals surface area contributed by atoms with Crippen LogP contribution in [0.4, 0.5) is 30.4 Å². The molecule has 0 aliphatic heterocycles. The molecule has 0 aliphatic carbocycles. The third-order valence-electron chi connectivity index (χ3n) is 3.27. The molecule has 3 rings (SSSR count). The fourth-order valence-corrected chi connectivity index (χ4v) is 2.64. The van der Waals surface area contributed by atoms with Crippen LogP contribution in [0.25, 0.3) is 10.9 Å². The Morgan fingerprint density at radius 2 is 1.76 bits per heavy atom. The van der Waals surface area contributed by atoms with E-state index in [2.05, 4.69) is 15.0 Å². The standard InChI is InChI=1S/C16H10Cl2F3N3O/c17-10-3-4-12(22)9-2-6-14(24-15(9)10)23-8-1-5-13(11(18)7-8)25-16(19,20)21/h1-7H,22H2,(H,23,24). The maximum absolute atomic E-state index is 12.3. The summed E-state index contributed by atoms with van der Waals surface area (Å²) in [4.78, 5) is 4.36. The zero-order valence-electron chi connectivity index (χ0n) is 12.4. The Labute approximate surface area is 150 Å².